The van der Waals surface area contributed by atoms with Crippen LogP contribution in [0.15, 0.2) is 86.1 Å². The van der Waals surface area contributed by atoms with E-state index >= 15 is 0 Å². The first kappa shape index (κ1) is 27.2. The molecular formula is C31H30N2O6S. The largest absolute Gasteiger partial charge is 0.493 e. The molecule has 3 heterocycles. The molecule has 0 amide bonds. The second-order valence-electron chi connectivity index (χ2n) is 9.45. The maximum atomic E-state index is 13.9. The topological polar surface area (TPSA) is 92.3 Å². The summed E-state index contributed by atoms with van der Waals surface area (Å²) in [6.45, 7) is 7.55. The van der Waals surface area contributed by atoms with E-state index in [9.17, 15) is 9.59 Å². The van der Waals surface area contributed by atoms with Crippen molar-refractivity contribution in [1.82, 2.24) is 4.57 Å². The number of carbonyl (C=O) groups is 1. The van der Waals surface area contributed by atoms with Gasteiger partial charge in [0.05, 0.1) is 41.7 Å². The molecule has 0 bridgehead atoms. The molecular weight excluding hydrogens is 528 g/mol. The quantitative estimate of drug-likeness (QED) is 0.287. The fraction of sp³-hybridized carbons (Fsp3) is 0.258. The zero-order valence-corrected chi connectivity index (χ0v) is 23.8. The number of methoxy groups -OCH3 is 1. The minimum atomic E-state index is -0.768. The zero-order chi connectivity index (χ0) is 28.4. The number of aromatic nitrogens is 1. The van der Waals surface area contributed by atoms with E-state index < -0.39 is 12.0 Å². The van der Waals surface area contributed by atoms with E-state index in [1.807, 2.05) is 62.4 Å². The Morgan fingerprint density at radius 3 is 2.60 bits per heavy atom. The van der Waals surface area contributed by atoms with Gasteiger partial charge in [0.1, 0.15) is 11.5 Å². The average molecular weight is 559 g/mol. The third-order valence-electron chi connectivity index (χ3n) is 6.34. The van der Waals surface area contributed by atoms with Crippen LogP contribution in [-0.4, -0.2) is 30.4 Å². The normalized spacial score (nSPS) is 15.2. The molecule has 0 saturated carbocycles. The van der Waals surface area contributed by atoms with Crippen molar-refractivity contribution in [2.24, 2.45) is 4.99 Å². The number of carbonyl (C=O) groups excluding carboxylic acids is 1. The number of hydrogen-bond donors (Lipinski definition) is 0. The van der Waals surface area contributed by atoms with Crippen molar-refractivity contribution in [1.29, 1.82) is 0 Å². The van der Waals surface area contributed by atoms with Crippen molar-refractivity contribution < 1.29 is 23.4 Å². The molecule has 1 aliphatic heterocycles. The molecule has 0 N–H and O–H groups in total. The van der Waals surface area contributed by atoms with Gasteiger partial charge in [0, 0.05) is 11.6 Å². The first-order valence-electron chi connectivity index (χ1n) is 13.0. The molecule has 206 valence electrons. The Labute approximate surface area is 235 Å². The molecule has 0 saturated heterocycles. The number of benzene rings is 2. The van der Waals surface area contributed by atoms with Crippen LogP contribution in [0.3, 0.4) is 0 Å². The second kappa shape index (κ2) is 11.4. The predicted molar refractivity (Wildman–Crippen MR) is 153 cm³/mol. The summed E-state index contributed by atoms with van der Waals surface area (Å²) in [6, 6.07) is 18.1. The number of thiazole rings is 1. The summed E-state index contributed by atoms with van der Waals surface area (Å²) in [6.07, 6.45) is 1.65. The standard InChI is InChI=1S/C31H30N2O6S/c1-6-37-30(35)27-19(4)32-31-33(28(27)21-12-14-24(38-18(2)3)25(16-21)36-5)29(34)26(40-31)17-22-13-15-23(39-22)20-10-8-7-9-11-20/h7-18,28H,6H2,1-5H3/b26-17-/t28-/m0/s1. The van der Waals surface area contributed by atoms with E-state index in [1.165, 1.54) is 15.9 Å². The number of nitrogens with zero attached hydrogens (tertiary/aromatic N) is 2. The molecule has 2 aromatic carbocycles. The van der Waals surface area contributed by atoms with Gasteiger partial charge in [0.25, 0.3) is 5.56 Å². The SMILES string of the molecule is CCOC(=O)C1=C(C)N=c2s/c(=C\c3ccc(-c4ccccc4)o3)c(=O)n2[C@H]1c1ccc(OC(C)C)c(OC)c1. The van der Waals surface area contributed by atoms with Crippen LogP contribution in [0.1, 0.15) is 45.1 Å². The fourth-order valence-corrected chi connectivity index (χ4v) is 5.66. The second-order valence-corrected chi connectivity index (χ2v) is 10.5. The molecule has 0 spiro atoms. The van der Waals surface area contributed by atoms with Crippen LogP contribution < -0.4 is 24.4 Å². The van der Waals surface area contributed by atoms with E-state index in [4.69, 9.17) is 18.6 Å². The van der Waals surface area contributed by atoms with Crippen LogP contribution in [0, 0.1) is 0 Å². The van der Waals surface area contributed by atoms with E-state index in [-0.39, 0.29) is 18.3 Å². The Bertz CT molecular complexity index is 1760. The van der Waals surface area contributed by atoms with Crippen molar-refractivity contribution in [3.63, 3.8) is 0 Å². The van der Waals surface area contributed by atoms with Crippen LogP contribution in [0.2, 0.25) is 0 Å². The van der Waals surface area contributed by atoms with Gasteiger partial charge in [-0.1, -0.05) is 47.7 Å². The number of hydrogen-bond acceptors (Lipinski definition) is 8. The molecule has 1 atom stereocenters. The van der Waals surface area contributed by atoms with Gasteiger partial charge in [-0.2, -0.15) is 0 Å². The number of rotatable bonds is 8. The first-order valence-corrected chi connectivity index (χ1v) is 13.8. The lowest BCUT2D eigenvalue weighted by Crippen LogP contribution is -2.40. The van der Waals surface area contributed by atoms with Gasteiger partial charge in [0.2, 0.25) is 0 Å². The zero-order valence-electron chi connectivity index (χ0n) is 23.0. The number of allylic oxidation sites excluding steroid dienone is 1. The summed E-state index contributed by atoms with van der Waals surface area (Å²) < 4.78 is 24.9. The highest BCUT2D eigenvalue weighted by Crippen LogP contribution is 2.36. The molecule has 5 rings (SSSR count). The number of esters is 1. The minimum absolute atomic E-state index is 0.0568. The summed E-state index contributed by atoms with van der Waals surface area (Å²) in [4.78, 5) is 32.2. The molecule has 0 aliphatic carbocycles. The third-order valence-corrected chi connectivity index (χ3v) is 7.32. The maximum Gasteiger partial charge on any atom is 0.338 e. The Morgan fingerprint density at radius 2 is 1.90 bits per heavy atom. The first-order chi connectivity index (χ1) is 19.3. The van der Waals surface area contributed by atoms with Crippen LogP contribution in [0.25, 0.3) is 17.4 Å². The van der Waals surface area contributed by atoms with Crippen LogP contribution in [0.4, 0.5) is 0 Å². The lowest BCUT2D eigenvalue weighted by Gasteiger charge is -2.25. The molecule has 4 aromatic rings. The van der Waals surface area contributed by atoms with Gasteiger partial charge in [-0.3, -0.25) is 9.36 Å². The van der Waals surface area contributed by atoms with Crippen molar-refractivity contribution in [3.05, 3.63) is 103 Å². The summed E-state index contributed by atoms with van der Waals surface area (Å²) in [5.74, 6) is 1.78. The van der Waals surface area contributed by atoms with Crippen molar-refractivity contribution in [2.75, 3.05) is 13.7 Å². The Morgan fingerprint density at radius 1 is 1.12 bits per heavy atom. The van der Waals surface area contributed by atoms with Gasteiger partial charge in [-0.25, -0.2) is 9.79 Å². The summed E-state index contributed by atoms with van der Waals surface area (Å²) in [5.41, 5.74) is 2.11. The van der Waals surface area contributed by atoms with Crippen LogP contribution >= 0.6 is 11.3 Å². The highest BCUT2D eigenvalue weighted by Gasteiger charge is 2.34. The number of fused-ring (bicyclic) bond motifs is 1. The predicted octanol–water partition coefficient (Wildman–Crippen LogP) is 4.85. The molecule has 1 aliphatic rings. The number of ether oxygens (including phenoxy) is 3. The smallest absolute Gasteiger partial charge is 0.338 e. The fourth-order valence-electron chi connectivity index (χ4n) is 4.63. The lowest BCUT2D eigenvalue weighted by molar-refractivity contribution is -0.139. The molecule has 0 fully saturated rings. The average Bonchev–Trinajstić information content (AvgIpc) is 3.53. The molecule has 8 nitrogen and oxygen atoms in total. The third kappa shape index (κ3) is 5.24. The van der Waals surface area contributed by atoms with Crippen LogP contribution in [-0.2, 0) is 9.53 Å². The van der Waals surface area contributed by atoms with E-state index in [1.54, 1.807) is 39.2 Å². The highest BCUT2D eigenvalue weighted by molar-refractivity contribution is 7.07. The van der Waals surface area contributed by atoms with Gasteiger partial charge in [0.15, 0.2) is 16.3 Å². The van der Waals surface area contributed by atoms with Crippen molar-refractivity contribution >= 4 is 23.4 Å². The summed E-state index contributed by atoms with van der Waals surface area (Å²) >= 11 is 1.24. The Balaban J connectivity index is 1.65. The van der Waals surface area contributed by atoms with Gasteiger partial charge >= 0.3 is 5.97 Å². The Kier molecular flexibility index (Phi) is 7.75. The lowest BCUT2D eigenvalue weighted by atomic mass is 9.95. The Hall–Kier alpha value is -4.37. The molecule has 0 unspecified atom stereocenters. The highest BCUT2D eigenvalue weighted by atomic mass is 32.1. The summed E-state index contributed by atoms with van der Waals surface area (Å²) in [7, 11) is 1.55. The van der Waals surface area contributed by atoms with Gasteiger partial charge < -0.3 is 18.6 Å². The monoisotopic (exact) mass is 558 g/mol. The summed E-state index contributed by atoms with van der Waals surface area (Å²) in [5, 5.41) is 0. The van der Waals surface area contributed by atoms with E-state index in [0.29, 0.717) is 49.2 Å². The molecule has 40 heavy (non-hydrogen) atoms. The molecule has 0 radical (unpaired) electrons. The maximum absolute atomic E-state index is 13.9. The van der Waals surface area contributed by atoms with Gasteiger partial charge in [-0.15, -0.1) is 0 Å². The molecule has 9 heteroatoms. The number of furan rings is 1. The molecule has 2 aromatic heterocycles. The minimum Gasteiger partial charge on any atom is -0.493 e. The van der Waals surface area contributed by atoms with Crippen molar-refractivity contribution in [3.8, 4) is 22.8 Å². The van der Waals surface area contributed by atoms with E-state index in [2.05, 4.69) is 4.99 Å². The van der Waals surface area contributed by atoms with Crippen LogP contribution in [0.5, 0.6) is 11.5 Å². The van der Waals surface area contributed by atoms with Crippen molar-refractivity contribution in [2.45, 2.75) is 39.8 Å². The van der Waals surface area contributed by atoms with E-state index in [0.717, 1.165) is 5.56 Å². The van der Waals surface area contributed by atoms with Gasteiger partial charge in [-0.05, 0) is 57.5 Å².